The van der Waals surface area contributed by atoms with Gasteiger partial charge < -0.3 is 20.5 Å². The third-order valence-electron chi connectivity index (χ3n) is 5.38. The molecule has 0 spiro atoms. The van der Waals surface area contributed by atoms with E-state index in [1.165, 1.54) is 12.1 Å². The Kier molecular flexibility index (Phi) is 6.77. The first kappa shape index (κ1) is 20.7. The molecule has 1 aliphatic heterocycles. The quantitative estimate of drug-likeness (QED) is 0.693. The molecule has 154 valence electrons. The number of piperidine rings is 1. The zero-order valence-electron chi connectivity index (χ0n) is 16.1. The van der Waals surface area contributed by atoms with E-state index in [-0.39, 0.29) is 30.9 Å². The van der Waals surface area contributed by atoms with E-state index >= 15 is 0 Å². The minimum absolute atomic E-state index is 0.142. The number of aromatic nitrogens is 1. The van der Waals surface area contributed by atoms with E-state index in [9.17, 15) is 14.0 Å². The van der Waals surface area contributed by atoms with Crippen LogP contribution in [0.4, 0.5) is 15.0 Å². The summed E-state index contributed by atoms with van der Waals surface area (Å²) in [6.07, 6.45) is 2.78. The Morgan fingerprint density at radius 3 is 2.62 bits per heavy atom. The summed E-state index contributed by atoms with van der Waals surface area (Å²) in [5.74, 6) is 0.732. The third kappa shape index (κ3) is 5.08. The van der Waals surface area contributed by atoms with Crippen molar-refractivity contribution in [3.05, 3.63) is 48.4 Å². The molecule has 1 amide bonds. The second-order valence-electron chi connectivity index (χ2n) is 7.22. The van der Waals surface area contributed by atoms with Crippen LogP contribution in [0.3, 0.4) is 0 Å². The van der Waals surface area contributed by atoms with Crippen LogP contribution < -0.4 is 10.6 Å². The molecule has 0 bridgehead atoms. The number of aldehydes is 1. The predicted molar refractivity (Wildman–Crippen MR) is 108 cm³/mol. The number of carbonyl (C=O) groups excluding carboxylic acids is 1. The van der Waals surface area contributed by atoms with Crippen molar-refractivity contribution in [2.24, 2.45) is 11.7 Å². The zero-order valence-corrected chi connectivity index (χ0v) is 16.1. The molecule has 3 N–H and O–H groups in total. The number of rotatable bonds is 7. The molecule has 29 heavy (non-hydrogen) atoms. The molecular formula is C21H25FN4O3. The Balaban J connectivity index is 1.66. The van der Waals surface area contributed by atoms with Gasteiger partial charge in [0.15, 0.2) is 0 Å². The number of benzene rings is 1. The van der Waals surface area contributed by atoms with Gasteiger partial charge in [-0.15, -0.1) is 0 Å². The fourth-order valence-corrected chi connectivity index (χ4v) is 3.77. The van der Waals surface area contributed by atoms with Crippen molar-refractivity contribution in [3.8, 4) is 11.1 Å². The first-order valence-corrected chi connectivity index (χ1v) is 9.62. The Morgan fingerprint density at radius 1 is 1.31 bits per heavy atom. The molecule has 1 aromatic heterocycles. The van der Waals surface area contributed by atoms with Crippen LogP contribution in [0.5, 0.6) is 0 Å². The summed E-state index contributed by atoms with van der Waals surface area (Å²) < 4.78 is 13.3. The minimum atomic E-state index is -1.14. The van der Waals surface area contributed by atoms with Crippen LogP contribution in [0.1, 0.15) is 12.8 Å². The summed E-state index contributed by atoms with van der Waals surface area (Å²) in [5, 5.41) is 9.17. The summed E-state index contributed by atoms with van der Waals surface area (Å²) in [6, 6.07) is 9.86. The Bertz CT molecular complexity index is 838. The molecule has 7 nitrogen and oxygen atoms in total. The fraction of sp³-hybridized carbons (Fsp3) is 0.381. The number of nitrogens with zero attached hydrogens (tertiary/aromatic N) is 3. The van der Waals surface area contributed by atoms with Gasteiger partial charge in [-0.3, -0.25) is 4.90 Å². The molecule has 1 atom stereocenters. The average molecular weight is 400 g/mol. The Morgan fingerprint density at radius 2 is 2.00 bits per heavy atom. The predicted octanol–water partition coefficient (Wildman–Crippen LogP) is 2.61. The SMILES string of the molecule is NC(CN(CC=O)C(=O)O)C1CCN(c2ncccc2-c2ccc(F)cc2)CC1. The first-order valence-electron chi connectivity index (χ1n) is 9.62. The lowest BCUT2D eigenvalue weighted by Gasteiger charge is -2.37. The average Bonchev–Trinajstić information content (AvgIpc) is 2.74. The van der Waals surface area contributed by atoms with Crippen molar-refractivity contribution < 1.29 is 19.1 Å². The van der Waals surface area contributed by atoms with Gasteiger partial charge in [0, 0.05) is 37.4 Å². The second-order valence-corrected chi connectivity index (χ2v) is 7.22. The maximum absolute atomic E-state index is 13.3. The third-order valence-corrected chi connectivity index (χ3v) is 5.38. The number of hydrogen-bond donors (Lipinski definition) is 2. The summed E-state index contributed by atoms with van der Waals surface area (Å²) in [4.78, 5) is 29.7. The van der Waals surface area contributed by atoms with Crippen LogP contribution in [0.15, 0.2) is 42.6 Å². The number of carbonyl (C=O) groups is 2. The smallest absolute Gasteiger partial charge is 0.407 e. The highest BCUT2D eigenvalue weighted by molar-refractivity contribution is 5.75. The number of amides is 1. The lowest BCUT2D eigenvalue weighted by atomic mass is 9.89. The number of pyridine rings is 1. The van der Waals surface area contributed by atoms with Crippen LogP contribution in [-0.2, 0) is 4.79 Å². The van der Waals surface area contributed by atoms with E-state index in [4.69, 9.17) is 10.8 Å². The molecule has 0 saturated carbocycles. The van der Waals surface area contributed by atoms with E-state index in [1.54, 1.807) is 18.3 Å². The summed E-state index contributed by atoms with van der Waals surface area (Å²) in [7, 11) is 0. The Labute approximate surface area is 168 Å². The first-order chi connectivity index (χ1) is 14.0. The molecule has 8 heteroatoms. The molecule has 1 unspecified atom stereocenters. The van der Waals surface area contributed by atoms with E-state index in [2.05, 4.69) is 9.88 Å². The highest BCUT2D eigenvalue weighted by atomic mass is 19.1. The fourth-order valence-electron chi connectivity index (χ4n) is 3.77. The highest BCUT2D eigenvalue weighted by Gasteiger charge is 2.28. The van der Waals surface area contributed by atoms with Gasteiger partial charge in [-0.1, -0.05) is 12.1 Å². The molecule has 1 saturated heterocycles. The van der Waals surface area contributed by atoms with Gasteiger partial charge in [-0.25, -0.2) is 14.2 Å². The lowest BCUT2D eigenvalue weighted by molar-refractivity contribution is -0.108. The maximum Gasteiger partial charge on any atom is 0.407 e. The largest absolute Gasteiger partial charge is 0.465 e. The van der Waals surface area contributed by atoms with Crippen molar-refractivity contribution in [3.63, 3.8) is 0 Å². The van der Waals surface area contributed by atoms with Crippen LogP contribution in [0.25, 0.3) is 11.1 Å². The summed E-state index contributed by atoms with van der Waals surface area (Å²) in [5.41, 5.74) is 8.09. The van der Waals surface area contributed by atoms with Crippen LogP contribution >= 0.6 is 0 Å². The van der Waals surface area contributed by atoms with Crippen LogP contribution in [0, 0.1) is 11.7 Å². The van der Waals surface area contributed by atoms with Gasteiger partial charge in [0.25, 0.3) is 0 Å². The molecule has 1 fully saturated rings. The van der Waals surface area contributed by atoms with Gasteiger partial charge in [-0.05, 0) is 48.6 Å². The lowest BCUT2D eigenvalue weighted by Crippen LogP contribution is -2.48. The van der Waals surface area contributed by atoms with Crippen molar-refractivity contribution >= 4 is 18.2 Å². The number of anilines is 1. The topological polar surface area (TPSA) is 99.8 Å². The summed E-state index contributed by atoms with van der Waals surface area (Å²) >= 11 is 0. The second kappa shape index (κ2) is 9.47. The molecule has 0 aliphatic carbocycles. The number of carboxylic acid groups (broad SMARTS) is 1. The molecule has 2 heterocycles. The van der Waals surface area contributed by atoms with Crippen molar-refractivity contribution in [1.82, 2.24) is 9.88 Å². The van der Waals surface area contributed by atoms with Crippen LogP contribution in [-0.4, -0.2) is 59.6 Å². The van der Waals surface area contributed by atoms with Gasteiger partial charge in [0.2, 0.25) is 0 Å². The van der Waals surface area contributed by atoms with Gasteiger partial charge in [0.1, 0.15) is 17.9 Å². The highest BCUT2D eigenvalue weighted by Crippen LogP contribution is 2.32. The van der Waals surface area contributed by atoms with Crippen molar-refractivity contribution in [1.29, 1.82) is 0 Å². The van der Waals surface area contributed by atoms with Crippen molar-refractivity contribution in [2.45, 2.75) is 18.9 Å². The molecule has 3 rings (SSSR count). The molecule has 1 aliphatic rings. The number of nitrogens with two attached hydrogens (primary N) is 1. The van der Waals surface area contributed by atoms with Crippen LogP contribution in [0.2, 0.25) is 0 Å². The Hall–Kier alpha value is -3.00. The van der Waals surface area contributed by atoms with Gasteiger partial charge in [-0.2, -0.15) is 0 Å². The standard InChI is InChI=1S/C21H25FN4O3/c22-17-5-3-15(4-6-17)18-2-1-9-24-20(18)25-10-7-16(8-11-25)19(23)14-26(12-13-27)21(28)29/h1-6,9,13,16,19H,7-8,10-12,14,23H2,(H,28,29). The van der Waals surface area contributed by atoms with E-state index in [0.29, 0.717) is 6.29 Å². The minimum Gasteiger partial charge on any atom is -0.465 e. The maximum atomic E-state index is 13.3. The molecule has 2 aromatic rings. The number of hydrogen-bond acceptors (Lipinski definition) is 5. The molecule has 1 aromatic carbocycles. The van der Waals surface area contributed by atoms with E-state index < -0.39 is 6.09 Å². The summed E-state index contributed by atoms with van der Waals surface area (Å²) in [6.45, 7) is 1.45. The van der Waals surface area contributed by atoms with Gasteiger partial charge >= 0.3 is 6.09 Å². The monoisotopic (exact) mass is 400 g/mol. The number of halogens is 1. The van der Waals surface area contributed by atoms with E-state index in [0.717, 1.165) is 47.8 Å². The van der Waals surface area contributed by atoms with E-state index in [1.807, 2.05) is 12.1 Å². The van der Waals surface area contributed by atoms with Gasteiger partial charge in [0.05, 0.1) is 6.54 Å². The zero-order chi connectivity index (χ0) is 20.8. The molecular weight excluding hydrogens is 375 g/mol. The molecule has 0 radical (unpaired) electrons. The normalized spacial score (nSPS) is 15.7. The van der Waals surface area contributed by atoms with Crippen molar-refractivity contribution in [2.75, 3.05) is 31.1 Å².